The number of hydrogen-bond acceptors (Lipinski definition) is 2. The second kappa shape index (κ2) is 9.44. The van der Waals surface area contributed by atoms with E-state index in [9.17, 15) is 18.0 Å². The van der Waals surface area contributed by atoms with Gasteiger partial charge in [-0.2, -0.15) is 13.2 Å². The molecule has 1 amide bonds. The fourth-order valence-electron chi connectivity index (χ4n) is 1.54. The minimum atomic E-state index is -4.33. The summed E-state index contributed by atoms with van der Waals surface area (Å²) in [5.74, 6) is -0.871. The molecule has 0 rings (SSSR count). The number of hydrogen-bond donors (Lipinski definition) is 1. The summed E-state index contributed by atoms with van der Waals surface area (Å²) in [5.41, 5.74) is 0. The highest BCUT2D eigenvalue weighted by molar-refractivity contribution is 5.85. The highest BCUT2D eigenvalue weighted by Gasteiger charge is 2.33. The van der Waals surface area contributed by atoms with Crippen LogP contribution in [-0.2, 0) is 4.79 Å². The number of alkyl halides is 3. The zero-order valence-corrected chi connectivity index (χ0v) is 11.8. The van der Waals surface area contributed by atoms with Gasteiger partial charge in [-0.25, -0.2) is 0 Å². The first-order valence-electron chi connectivity index (χ1n) is 5.82. The Morgan fingerprint density at radius 2 is 1.94 bits per heavy atom. The minimum Gasteiger partial charge on any atom is -0.333 e. The monoisotopic (exact) mass is 290 g/mol. The van der Waals surface area contributed by atoms with Gasteiger partial charge in [0.1, 0.15) is 6.54 Å². The van der Waals surface area contributed by atoms with E-state index in [1.165, 1.54) is 0 Å². The molecule has 7 heteroatoms. The SMILES string of the molecule is CCCCN(CC(F)(F)F)C(=O)C(C)CNC.Cl. The molecule has 0 bridgehead atoms. The molecule has 0 aromatic heterocycles. The third-order valence-corrected chi connectivity index (χ3v) is 2.40. The Balaban J connectivity index is 0. The van der Waals surface area contributed by atoms with Gasteiger partial charge in [-0.1, -0.05) is 20.3 Å². The van der Waals surface area contributed by atoms with Crippen molar-refractivity contribution in [2.24, 2.45) is 5.92 Å². The predicted octanol–water partition coefficient (Wildman–Crippen LogP) is 2.45. The van der Waals surface area contributed by atoms with Crippen molar-refractivity contribution in [3.63, 3.8) is 0 Å². The zero-order valence-electron chi connectivity index (χ0n) is 11.0. The lowest BCUT2D eigenvalue weighted by Gasteiger charge is -2.26. The quantitative estimate of drug-likeness (QED) is 0.781. The van der Waals surface area contributed by atoms with E-state index < -0.39 is 24.5 Å². The average molecular weight is 291 g/mol. The van der Waals surface area contributed by atoms with Crippen LogP contribution in [0.2, 0.25) is 0 Å². The summed E-state index contributed by atoms with van der Waals surface area (Å²) < 4.78 is 37.0. The van der Waals surface area contributed by atoms with Crippen molar-refractivity contribution in [2.75, 3.05) is 26.7 Å². The van der Waals surface area contributed by atoms with Crippen molar-refractivity contribution in [2.45, 2.75) is 32.9 Å². The molecule has 1 N–H and O–H groups in total. The number of rotatable bonds is 7. The fourth-order valence-corrected chi connectivity index (χ4v) is 1.54. The molecular formula is C11H22ClF3N2O. The third-order valence-electron chi connectivity index (χ3n) is 2.40. The lowest BCUT2D eigenvalue weighted by Crippen LogP contribution is -2.44. The maximum Gasteiger partial charge on any atom is 0.406 e. The summed E-state index contributed by atoms with van der Waals surface area (Å²) in [6, 6.07) is 0. The maximum atomic E-state index is 12.3. The minimum absolute atomic E-state index is 0. The molecule has 0 fully saturated rings. The molecule has 0 heterocycles. The highest BCUT2D eigenvalue weighted by Crippen LogP contribution is 2.18. The number of carbonyl (C=O) groups is 1. The molecule has 0 radical (unpaired) electrons. The normalized spacial score (nSPS) is 12.8. The number of unbranched alkanes of at least 4 members (excludes halogenated alkanes) is 1. The summed E-state index contributed by atoms with van der Waals surface area (Å²) in [4.78, 5) is 12.7. The first-order chi connectivity index (χ1) is 7.81. The van der Waals surface area contributed by atoms with Crippen molar-refractivity contribution in [3.8, 4) is 0 Å². The summed E-state index contributed by atoms with van der Waals surface area (Å²) in [6.07, 6.45) is -2.97. The third kappa shape index (κ3) is 8.58. The first-order valence-corrected chi connectivity index (χ1v) is 5.82. The van der Waals surface area contributed by atoms with Gasteiger partial charge in [0.2, 0.25) is 5.91 Å². The Morgan fingerprint density at radius 1 is 1.39 bits per heavy atom. The van der Waals surface area contributed by atoms with Crippen LogP contribution in [-0.4, -0.2) is 43.7 Å². The second-order valence-corrected chi connectivity index (χ2v) is 4.19. The molecule has 1 unspecified atom stereocenters. The van der Waals surface area contributed by atoms with Gasteiger partial charge in [0.05, 0.1) is 0 Å². The van der Waals surface area contributed by atoms with E-state index in [1.54, 1.807) is 14.0 Å². The Hall–Kier alpha value is -0.490. The lowest BCUT2D eigenvalue weighted by atomic mass is 10.1. The number of nitrogens with one attached hydrogen (secondary N) is 1. The van der Waals surface area contributed by atoms with Crippen molar-refractivity contribution in [1.82, 2.24) is 10.2 Å². The standard InChI is InChI=1S/C11H21F3N2O.ClH/c1-4-5-6-16(8-11(12,13)14)10(17)9(2)7-15-3;/h9,15H,4-8H2,1-3H3;1H. The Labute approximate surface area is 113 Å². The van der Waals surface area contributed by atoms with Crippen LogP contribution >= 0.6 is 12.4 Å². The molecule has 0 aromatic carbocycles. The summed E-state index contributed by atoms with van der Waals surface area (Å²) in [5, 5.41) is 2.79. The maximum absolute atomic E-state index is 12.3. The predicted molar refractivity (Wildman–Crippen MR) is 67.9 cm³/mol. The molecule has 0 aromatic rings. The van der Waals surface area contributed by atoms with Gasteiger partial charge in [0.15, 0.2) is 0 Å². The van der Waals surface area contributed by atoms with Gasteiger partial charge in [0, 0.05) is 19.0 Å². The molecular weight excluding hydrogens is 269 g/mol. The van der Waals surface area contributed by atoms with E-state index in [0.717, 1.165) is 11.3 Å². The van der Waals surface area contributed by atoms with E-state index in [-0.39, 0.29) is 19.0 Å². The van der Waals surface area contributed by atoms with Crippen LogP contribution in [0.5, 0.6) is 0 Å². The van der Waals surface area contributed by atoms with Crippen molar-refractivity contribution in [1.29, 1.82) is 0 Å². The number of halogens is 4. The van der Waals surface area contributed by atoms with Gasteiger partial charge in [-0.3, -0.25) is 4.79 Å². The smallest absolute Gasteiger partial charge is 0.333 e. The van der Waals surface area contributed by atoms with E-state index in [1.807, 2.05) is 6.92 Å². The fraction of sp³-hybridized carbons (Fsp3) is 0.909. The van der Waals surface area contributed by atoms with Crippen LogP contribution in [0.25, 0.3) is 0 Å². The van der Waals surface area contributed by atoms with Crippen LogP contribution < -0.4 is 5.32 Å². The second-order valence-electron chi connectivity index (χ2n) is 4.19. The number of nitrogens with zero attached hydrogens (tertiary/aromatic N) is 1. The topological polar surface area (TPSA) is 32.3 Å². The van der Waals surface area contributed by atoms with Crippen LogP contribution in [0, 0.1) is 5.92 Å². The van der Waals surface area contributed by atoms with Crippen molar-refractivity contribution in [3.05, 3.63) is 0 Å². The molecule has 0 aliphatic heterocycles. The Bertz CT molecular complexity index is 237. The molecule has 0 saturated carbocycles. The molecule has 0 saturated heterocycles. The van der Waals surface area contributed by atoms with Crippen LogP contribution in [0.3, 0.4) is 0 Å². The average Bonchev–Trinajstić information content (AvgIpc) is 2.22. The number of amides is 1. The van der Waals surface area contributed by atoms with Gasteiger partial charge in [-0.15, -0.1) is 12.4 Å². The van der Waals surface area contributed by atoms with Crippen LogP contribution in [0.15, 0.2) is 0 Å². The van der Waals surface area contributed by atoms with Gasteiger partial charge in [0.25, 0.3) is 0 Å². The largest absolute Gasteiger partial charge is 0.406 e. The van der Waals surface area contributed by atoms with Crippen LogP contribution in [0.4, 0.5) is 13.2 Å². The van der Waals surface area contributed by atoms with Gasteiger partial charge < -0.3 is 10.2 Å². The molecule has 0 aliphatic rings. The van der Waals surface area contributed by atoms with Crippen LogP contribution in [0.1, 0.15) is 26.7 Å². The van der Waals surface area contributed by atoms with Gasteiger partial charge >= 0.3 is 6.18 Å². The lowest BCUT2D eigenvalue weighted by molar-refractivity contribution is -0.163. The summed E-state index contributed by atoms with van der Waals surface area (Å²) in [7, 11) is 1.67. The molecule has 0 spiro atoms. The highest BCUT2D eigenvalue weighted by atomic mass is 35.5. The molecule has 3 nitrogen and oxygen atoms in total. The number of carbonyl (C=O) groups excluding carboxylic acids is 1. The summed E-state index contributed by atoms with van der Waals surface area (Å²) in [6.45, 7) is 2.92. The van der Waals surface area contributed by atoms with E-state index >= 15 is 0 Å². The summed E-state index contributed by atoms with van der Waals surface area (Å²) >= 11 is 0. The van der Waals surface area contributed by atoms with Crippen molar-refractivity contribution >= 4 is 18.3 Å². The molecule has 1 atom stereocenters. The van der Waals surface area contributed by atoms with Gasteiger partial charge in [-0.05, 0) is 13.5 Å². The van der Waals surface area contributed by atoms with E-state index in [4.69, 9.17) is 0 Å². The van der Waals surface area contributed by atoms with E-state index in [2.05, 4.69) is 5.32 Å². The molecule has 110 valence electrons. The first kappa shape index (κ1) is 19.8. The van der Waals surface area contributed by atoms with E-state index in [0.29, 0.717) is 13.0 Å². The Morgan fingerprint density at radius 3 is 2.33 bits per heavy atom. The zero-order chi connectivity index (χ0) is 13.5. The Kier molecular flexibility index (Phi) is 10.4. The molecule has 18 heavy (non-hydrogen) atoms. The molecule has 0 aliphatic carbocycles. The van der Waals surface area contributed by atoms with Crippen molar-refractivity contribution < 1.29 is 18.0 Å².